The molecule has 0 atom stereocenters. The molecule has 2 aromatic carbocycles. The molecule has 106 valence electrons. The van der Waals surface area contributed by atoms with E-state index in [-0.39, 0.29) is 11.5 Å². The van der Waals surface area contributed by atoms with Crippen LogP contribution in [0.5, 0.6) is 11.5 Å². The van der Waals surface area contributed by atoms with Gasteiger partial charge in [0.1, 0.15) is 11.6 Å². The van der Waals surface area contributed by atoms with Gasteiger partial charge in [0.15, 0.2) is 11.6 Å². The van der Waals surface area contributed by atoms with Gasteiger partial charge in [0.2, 0.25) is 0 Å². The smallest absolute Gasteiger partial charge is 0.165 e. The average molecular weight is 342 g/mol. The molecule has 0 radical (unpaired) electrons. The standard InChI is InChI=1S/C15H14BrF2NO/c1-2-19-9-10-5-12(17)8-13(6-10)20-15-7-11(16)3-4-14(15)18/h3-8,19H,2,9H2,1H3. The molecule has 0 unspecified atom stereocenters. The summed E-state index contributed by atoms with van der Waals surface area (Å²) in [7, 11) is 0. The fraction of sp³-hybridized carbons (Fsp3) is 0.200. The van der Waals surface area contributed by atoms with Crippen molar-refractivity contribution in [3.63, 3.8) is 0 Å². The third-order valence-corrected chi connectivity index (χ3v) is 3.12. The lowest BCUT2D eigenvalue weighted by atomic mass is 10.2. The Bertz CT molecular complexity index is 604. The van der Waals surface area contributed by atoms with Gasteiger partial charge in [-0.2, -0.15) is 0 Å². The lowest BCUT2D eigenvalue weighted by Crippen LogP contribution is -2.11. The molecule has 0 saturated heterocycles. The van der Waals surface area contributed by atoms with Crippen LogP contribution in [0, 0.1) is 11.6 Å². The van der Waals surface area contributed by atoms with Gasteiger partial charge in [0.25, 0.3) is 0 Å². The quantitative estimate of drug-likeness (QED) is 0.856. The summed E-state index contributed by atoms with van der Waals surface area (Å²) in [6.45, 7) is 3.28. The molecule has 2 rings (SSSR count). The van der Waals surface area contributed by atoms with Crippen LogP contribution in [0.3, 0.4) is 0 Å². The van der Waals surface area contributed by atoms with E-state index in [9.17, 15) is 8.78 Å². The Labute approximate surface area is 124 Å². The zero-order valence-electron chi connectivity index (χ0n) is 10.9. The summed E-state index contributed by atoms with van der Waals surface area (Å²) in [4.78, 5) is 0. The van der Waals surface area contributed by atoms with Crippen LogP contribution in [0.15, 0.2) is 40.9 Å². The van der Waals surface area contributed by atoms with E-state index >= 15 is 0 Å². The molecular formula is C15H14BrF2NO. The maximum Gasteiger partial charge on any atom is 0.165 e. The zero-order valence-corrected chi connectivity index (χ0v) is 12.5. The van der Waals surface area contributed by atoms with Gasteiger partial charge >= 0.3 is 0 Å². The van der Waals surface area contributed by atoms with Crippen molar-refractivity contribution in [2.24, 2.45) is 0 Å². The minimum Gasteiger partial charge on any atom is -0.454 e. The molecule has 0 amide bonds. The highest BCUT2D eigenvalue weighted by Gasteiger charge is 2.08. The van der Waals surface area contributed by atoms with Crippen LogP contribution in [0.4, 0.5) is 8.78 Å². The van der Waals surface area contributed by atoms with Crippen LogP contribution in [0.25, 0.3) is 0 Å². The van der Waals surface area contributed by atoms with Crippen molar-refractivity contribution in [3.05, 3.63) is 58.1 Å². The Kier molecular flexibility index (Phi) is 5.09. The summed E-state index contributed by atoms with van der Waals surface area (Å²) in [6, 6.07) is 8.71. The highest BCUT2D eigenvalue weighted by atomic mass is 79.9. The number of hydrogen-bond acceptors (Lipinski definition) is 2. The first-order chi connectivity index (χ1) is 9.58. The van der Waals surface area contributed by atoms with Crippen molar-refractivity contribution < 1.29 is 13.5 Å². The van der Waals surface area contributed by atoms with Gasteiger partial charge in [-0.15, -0.1) is 0 Å². The van der Waals surface area contributed by atoms with Crippen molar-refractivity contribution in [2.45, 2.75) is 13.5 Å². The third kappa shape index (κ3) is 4.02. The van der Waals surface area contributed by atoms with E-state index in [4.69, 9.17) is 4.74 Å². The van der Waals surface area contributed by atoms with E-state index < -0.39 is 11.6 Å². The fourth-order valence-electron chi connectivity index (χ4n) is 1.73. The lowest BCUT2D eigenvalue weighted by Gasteiger charge is -2.10. The van der Waals surface area contributed by atoms with E-state index in [1.807, 2.05) is 6.92 Å². The first-order valence-corrected chi connectivity index (χ1v) is 7.01. The number of halogens is 3. The highest BCUT2D eigenvalue weighted by Crippen LogP contribution is 2.28. The van der Waals surface area contributed by atoms with Crippen LogP contribution in [0.2, 0.25) is 0 Å². The molecule has 2 nitrogen and oxygen atoms in total. The van der Waals surface area contributed by atoms with Crippen molar-refractivity contribution in [1.29, 1.82) is 0 Å². The van der Waals surface area contributed by atoms with Gasteiger partial charge in [0, 0.05) is 17.1 Å². The maximum atomic E-state index is 13.6. The van der Waals surface area contributed by atoms with E-state index in [0.29, 0.717) is 11.0 Å². The molecular weight excluding hydrogens is 328 g/mol. The molecule has 0 aliphatic heterocycles. The van der Waals surface area contributed by atoms with Gasteiger partial charge in [0.05, 0.1) is 0 Å². The van der Waals surface area contributed by atoms with Gasteiger partial charge in [-0.25, -0.2) is 8.78 Å². The topological polar surface area (TPSA) is 21.3 Å². The first-order valence-electron chi connectivity index (χ1n) is 6.21. The Hall–Kier alpha value is -1.46. The Morgan fingerprint density at radius 2 is 1.95 bits per heavy atom. The molecule has 1 N–H and O–H groups in total. The van der Waals surface area contributed by atoms with Crippen LogP contribution in [-0.4, -0.2) is 6.54 Å². The van der Waals surface area contributed by atoms with Gasteiger partial charge in [-0.3, -0.25) is 0 Å². The zero-order chi connectivity index (χ0) is 14.5. The summed E-state index contributed by atoms with van der Waals surface area (Å²) in [5, 5.41) is 3.10. The number of nitrogens with one attached hydrogen (secondary N) is 1. The summed E-state index contributed by atoms with van der Waals surface area (Å²) >= 11 is 3.24. The number of benzene rings is 2. The fourth-order valence-corrected chi connectivity index (χ4v) is 2.07. The second kappa shape index (κ2) is 6.81. The lowest BCUT2D eigenvalue weighted by molar-refractivity contribution is 0.437. The number of hydrogen-bond donors (Lipinski definition) is 1. The predicted molar refractivity (Wildman–Crippen MR) is 78.0 cm³/mol. The second-order valence-corrected chi connectivity index (χ2v) is 5.17. The minimum absolute atomic E-state index is 0.0550. The SMILES string of the molecule is CCNCc1cc(F)cc(Oc2cc(Br)ccc2F)c1. The largest absolute Gasteiger partial charge is 0.454 e. The van der Waals surface area contributed by atoms with Gasteiger partial charge in [-0.1, -0.05) is 22.9 Å². The monoisotopic (exact) mass is 341 g/mol. The molecule has 0 aliphatic rings. The maximum absolute atomic E-state index is 13.6. The van der Waals surface area contributed by atoms with Crippen LogP contribution < -0.4 is 10.1 Å². The molecule has 0 aliphatic carbocycles. The van der Waals surface area contributed by atoms with Crippen molar-refractivity contribution in [3.8, 4) is 11.5 Å². The predicted octanol–water partition coefficient (Wildman–Crippen LogP) is 4.63. The summed E-state index contributed by atoms with van der Waals surface area (Å²) in [5.41, 5.74) is 0.747. The molecule has 0 spiro atoms. The highest BCUT2D eigenvalue weighted by molar-refractivity contribution is 9.10. The Morgan fingerprint density at radius 1 is 1.15 bits per heavy atom. The number of ether oxygens (including phenoxy) is 1. The normalized spacial score (nSPS) is 10.6. The molecule has 0 heterocycles. The van der Waals surface area contributed by atoms with E-state index in [1.165, 1.54) is 24.3 Å². The van der Waals surface area contributed by atoms with Crippen LogP contribution in [-0.2, 0) is 6.54 Å². The molecule has 20 heavy (non-hydrogen) atoms. The molecule has 2 aromatic rings. The van der Waals surface area contributed by atoms with E-state index in [2.05, 4.69) is 21.2 Å². The second-order valence-electron chi connectivity index (χ2n) is 4.25. The van der Waals surface area contributed by atoms with Crippen molar-refractivity contribution in [2.75, 3.05) is 6.54 Å². The first kappa shape index (κ1) is 14.9. The average Bonchev–Trinajstić information content (AvgIpc) is 2.40. The van der Waals surface area contributed by atoms with Crippen molar-refractivity contribution in [1.82, 2.24) is 5.32 Å². The Morgan fingerprint density at radius 3 is 2.70 bits per heavy atom. The molecule has 0 saturated carbocycles. The minimum atomic E-state index is -0.495. The molecule has 5 heteroatoms. The van der Waals surface area contributed by atoms with Gasteiger partial charge < -0.3 is 10.1 Å². The summed E-state index contributed by atoms with van der Waals surface area (Å²) in [5.74, 6) is -0.578. The van der Waals surface area contributed by atoms with Crippen LogP contribution >= 0.6 is 15.9 Å². The third-order valence-electron chi connectivity index (χ3n) is 2.63. The van der Waals surface area contributed by atoms with Crippen LogP contribution in [0.1, 0.15) is 12.5 Å². The van der Waals surface area contributed by atoms with Gasteiger partial charge in [-0.05, 0) is 42.4 Å². The number of rotatable bonds is 5. The summed E-state index contributed by atoms with van der Waals surface area (Å²) in [6.07, 6.45) is 0. The molecule has 0 fully saturated rings. The Balaban J connectivity index is 2.24. The molecule has 0 bridgehead atoms. The molecule has 0 aromatic heterocycles. The van der Waals surface area contributed by atoms with E-state index in [0.717, 1.165) is 12.1 Å². The summed E-state index contributed by atoms with van der Waals surface area (Å²) < 4.78 is 33.2. The van der Waals surface area contributed by atoms with Crippen molar-refractivity contribution >= 4 is 15.9 Å². The van der Waals surface area contributed by atoms with E-state index in [1.54, 1.807) is 12.1 Å².